The monoisotopic (exact) mass is 362 g/mol. The lowest BCUT2D eigenvalue weighted by molar-refractivity contribution is -0.132. The third-order valence-electron chi connectivity index (χ3n) is 4.49. The molecule has 0 saturated heterocycles. The van der Waals surface area contributed by atoms with Gasteiger partial charge in [0.2, 0.25) is 5.91 Å². The molecule has 0 aliphatic rings. The maximum atomic E-state index is 12.6. The number of halogens is 2. The van der Waals surface area contributed by atoms with Crippen molar-refractivity contribution in [3.63, 3.8) is 0 Å². The molecule has 0 fully saturated rings. The Balaban J connectivity index is 0.00000484. The van der Waals surface area contributed by atoms with E-state index >= 15 is 0 Å². The number of hydrogen-bond donors (Lipinski definition) is 2. The van der Waals surface area contributed by atoms with Crippen LogP contribution in [0, 0.1) is 5.41 Å². The summed E-state index contributed by atoms with van der Waals surface area (Å²) >= 11 is 5.92. The molecule has 23 heavy (non-hydrogen) atoms. The molecule has 0 heterocycles. The topological polar surface area (TPSA) is 64.4 Å². The molecule has 132 valence electrons. The third kappa shape index (κ3) is 5.35. The van der Waals surface area contributed by atoms with Gasteiger partial charge in [0.1, 0.15) is 6.10 Å². The van der Waals surface area contributed by atoms with Crippen LogP contribution in [0.15, 0.2) is 24.3 Å². The minimum atomic E-state index is -0.507. The molecule has 3 N–H and O–H groups in total. The molecule has 6 heteroatoms. The number of nitrogens with one attached hydrogen (secondary N) is 1. The zero-order valence-electron chi connectivity index (χ0n) is 14.3. The number of amides is 1. The van der Waals surface area contributed by atoms with E-state index in [0.717, 1.165) is 18.4 Å². The number of methoxy groups -OCH3 is 1. The summed E-state index contributed by atoms with van der Waals surface area (Å²) in [5, 5.41) is 3.74. The molecule has 1 aromatic rings. The SMILES string of the molecule is CCC(CC)(CN)C(=O)NC(C)C(OC)c1ccc(Cl)cc1.Cl. The van der Waals surface area contributed by atoms with Crippen LogP contribution in [0.5, 0.6) is 0 Å². The number of nitrogens with two attached hydrogens (primary N) is 1. The van der Waals surface area contributed by atoms with Crippen LogP contribution in [0.25, 0.3) is 0 Å². The van der Waals surface area contributed by atoms with E-state index in [0.29, 0.717) is 11.6 Å². The molecule has 1 rings (SSSR count). The van der Waals surface area contributed by atoms with E-state index in [4.69, 9.17) is 22.1 Å². The number of benzene rings is 1. The van der Waals surface area contributed by atoms with Gasteiger partial charge in [0.25, 0.3) is 0 Å². The van der Waals surface area contributed by atoms with Crippen LogP contribution >= 0.6 is 24.0 Å². The number of ether oxygens (including phenoxy) is 1. The molecular formula is C17H28Cl2N2O2. The second kappa shape index (κ2) is 10.1. The van der Waals surface area contributed by atoms with Crippen molar-refractivity contribution in [1.29, 1.82) is 0 Å². The van der Waals surface area contributed by atoms with Gasteiger partial charge in [-0.3, -0.25) is 4.79 Å². The highest BCUT2D eigenvalue weighted by atomic mass is 35.5. The highest BCUT2D eigenvalue weighted by Gasteiger charge is 2.35. The van der Waals surface area contributed by atoms with Crippen LogP contribution in [-0.2, 0) is 9.53 Å². The first-order chi connectivity index (χ1) is 10.4. The quantitative estimate of drug-likeness (QED) is 0.740. The summed E-state index contributed by atoms with van der Waals surface area (Å²) < 4.78 is 5.56. The van der Waals surface area contributed by atoms with E-state index in [2.05, 4.69) is 5.32 Å². The van der Waals surface area contributed by atoms with Crippen molar-refractivity contribution < 1.29 is 9.53 Å². The summed E-state index contributed by atoms with van der Waals surface area (Å²) in [4.78, 5) is 12.6. The van der Waals surface area contributed by atoms with Crippen LogP contribution in [0.1, 0.15) is 45.3 Å². The van der Waals surface area contributed by atoms with Gasteiger partial charge in [-0.05, 0) is 37.5 Å². The first-order valence-electron chi connectivity index (χ1n) is 7.73. The number of carbonyl (C=O) groups excluding carboxylic acids is 1. The predicted octanol–water partition coefficient (Wildman–Crippen LogP) is 3.72. The van der Waals surface area contributed by atoms with E-state index in [9.17, 15) is 4.79 Å². The van der Waals surface area contributed by atoms with Crippen LogP contribution in [-0.4, -0.2) is 25.6 Å². The molecule has 0 saturated carbocycles. The smallest absolute Gasteiger partial charge is 0.227 e. The number of carbonyl (C=O) groups is 1. The maximum absolute atomic E-state index is 12.6. The van der Waals surface area contributed by atoms with Crippen LogP contribution in [0.4, 0.5) is 0 Å². The Labute approximate surface area is 150 Å². The van der Waals surface area contributed by atoms with Crippen molar-refractivity contribution in [2.45, 2.75) is 45.8 Å². The lowest BCUT2D eigenvalue weighted by atomic mass is 9.81. The van der Waals surface area contributed by atoms with Gasteiger partial charge in [-0.25, -0.2) is 0 Å². The molecule has 1 amide bonds. The summed E-state index contributed by atoms with van der Waals surface area (Å²) in [5.74, 6) is -0.0106. The standard InChI is InChI=1S/C17H27ClN2O2.ClH/c1-5-17(6-2,11-19)16(21)20-12(3)15(22-4)13-7-9-14(18)10-8-13;/h7-10,12,15H,5-6,11,19H2,1-4H3,(H,20,21);1H. The molecule has 0 radical (unpaired) electrons. The van der Waals surface area contributed by atoms with Crippen molar-refractivity contribution >= 4 is 29.9 Å². The van der Waals surface area contributed by atoms with Crippen LogP contribution in [0.3, 0.4) is 0 Å². The van der Waals surface area contributed by atoms with Crippen molar-refractivity contribution in [2.24, 2.45) is 11.1 Å². The van der Waals surface area contributed by atoms with E-state index < -0.39 is 5.41 Å². The molecule has 2 unspecified atom stereocenters. The fraction of sp³-hybridized carbons (Fsp3) is 0.588. The Bertz CT molecular complexity index is 468. The van der Waals surface area contributed by atoms with Gasteiger partial charge in [0.15, 0.2) is 0 Å². The van der Waals surface area contributed by atoms with Crippen LogP contribution < -0.4 is 11.1 Å². The van der Waals surface area contributed by atoms with Crippen molar-refractivity contribution in [2.75, 3.05) is 13.7 Å². The minimum Gasteiger partial charge on any atom is -0.375 e. The van der Waals surface area contributed by atoms with E-state index in [1.54, 1.807) is 7.11 Å². The van der Waals surface area contributed by atoms with Gasteiger partial charge in [0, 0.05) is 18.7 Å². The highest BCUT2D eigenvalue weighted by molar-refractivity contribution is 6.30. The molecule has 0 aromatic heterocycles. The Morgan fingerprint density at radius 2 is 1.83 bits per heavy atom. The lowest BCUT2D eigenvalue weighted by Crippen LogP contribution is -2.49. The predicted molar refractivity (Wildman–Crippen MR) is 98.1 cm³/mol. The molecule has 0 aliphatic heterocycles. The molecule has 2 atom stereocenters. The van der Waals surface area contributed by atoms with Gasteiger partial charge in [0.05, 0.1) is 11.5 Å². The first kappa shape index (κ1) is 22.2. The molecule has 4 nitrogen and oxygen atoms in total. The Kier molecular flexibility index (Phi) is 9.78. The zero-order valence-corrected chi connectivity index (χ0v) is 15.8. The summed E-state index contributed by atoms with van der Waals surface area (Å²) in [7, 11) is 1.64. The Hall–Kier alpha value is -0.810. The molecule has 0 aliphatic carbocycles. The zero-order chi connectivity index (χ0) is 16.8. The fourth-order valence-electron chi connectivity index (χ4n) is 2.67. The average molecular weight is 363 g/mol. The largest absolute Gasteiger partial charge is 0.375 e. The summed E-state index contributed by atoms with van der Waals surface area (Å²) in [6, 6.07) is 7.30. The van der Waals surface area contributed by atoms with Crippen LogP contribution in [0.2, 0.25) is 5.02 Å². The first-order valence-corrected chi connectivity index (χ1v) is 8.11. The van der Waals surface area contributed by atoms with Gasteiger partial charge in [-0.15, -0.1) is 12.4 Å². The van der Waals surface area contributed by atoms with Gasteiger partial charge >= 0.3 is 0 Å². The van der Waals surface area contributed by atoms with Gasteiger partial charge < -0.3 is 15.8 Å². The lowest BCUT2D eigenvalue weighted by Gasteiger charge is -2.32. The second-order valence-corrected chi connectivity index (χ2v) is 6.10. The highest BCUT2D eigenvalue weighted by Crippen LogP contribution is 2.27. The summed E-state index contributed by atoms with van der Waals surface area (Å²) in [6.07, 6.45) is 1.21. The average Bonchev–Trinajstić information content (AvgIpc) is 2.52. The minimum absolute atomic E-state index is 0. The van der Waals surface area contributed by atoms with Crippen molar-refractivity contribution in [3.8, 4) is 0 Å². The molecule has 1 aromatic carbocycles. The van der Waals surface area contributed by atoms with Gasteiger partial charge in [-0.1, -0.05) is 37.6 Å². The van der Waals surface area contributed by atoms with Gasteiger partial charge in [-0.2, -0.15) is 0 Å². The Morgan fingerprint density at radius 3 is 2.22 bits per heavy atom. The van der Waals surface area contributed by atoms with E-state index in [1.807, 2.05) is 45.0 Å². The molecular weight excluding hydrogens is 335 g/mol. The Morgan fingerprint density at radius 1 is 1.30 bits per heavy atom. The summed E-state index contributed by atoms with van der Waals surface area (Å²) in [5.41, 5.74) is 6.31. The van der Waals surface area contributed by atoms with E-state index in [-0.39, 0.29) is 30.5 Å². The second-order valence-electron chi connectivity index (χ2n) is 5.66. The molecule has 0 bridgehead atoms. The molecule has 0 spiro atoms. The maximum Gasteiger partial charge on any atom is 0.227 e. The normalized spacial score (nSPS) is 13.8. The third-order valence-corrected chi connectivity index (χ3v) is 4.74. The van der Waals surface area contributed by atoms with Crippen molar-refractivity contribution in [3.05, 3.63) is 34.9 Å². The number of hydrogen-bond acceptors (Lipinski definition) is 3. The van der Waals surface area contributed by atoms with Crippen molar-refractivity contribution in [1.82, 2.24) is 5.32 Å². The fourth-order valence-corrected chi connectivity index (χ4v) is 2.80. The van der Waals surface area contributed by atoms with E-state index in [1.165, 1.54) is 0 Å². The summed E-state index contributed by atoms with van der Waals surface area (Å²) in [6.45, 7) is 6.27. The number of rotatable bonds is 8.